The summed E-state index contributed by atoms with van der Waals surface area (Å²) in [5.74, 6) is 6.85. The predicted octanol–water partition coefficient (Wildman–Crippen LogP) is 21.5. The number of aliphatic hydroxyl groups excluding tert-OH is 1. The van der Waals surface area contributed by atoms with Crippen LogP contribution in [-0.2, 0) is 14.2 Å². The third-order valence-electron chi connectivity index (χ3n) is 9.50. The van der Waals surface area contributed by atoms with Crippen LogP contribution in [0.15, 0.2) is 0 Å². The average molecular weight is 1030 g/mol. The number of rotatable bonds is 26. The molecule has 2 atom stereocenters. The molecule has 0 aromatic carbocycles. The zero-order valence-corrected chi connectivity index (χ0v) is 54.5. The highest BCUT2D eigenvalue weighted by molar-refractivity contribution is 7.99. The summed E-state index contributed by atoms with van der Waals surface area (Å²) in [6, 6.07) is 0.594. The second-order valence-electron chi connectivity index (χ2n) is 18.5. The summed E-state index contributed by atoms with van der Waals surface area (Å²) >= 11 is 4.26. The number of likely N-dealkylation sites (N-methyl/N-ethyl adjacent to an activating group) is 1. The third kappa shape index (κ3) is 94.9. The van der Waals surface area contributed by atoms with Gasteiger partial charge in [-0.3, -0.25) is 0 Å². The summed E-state index contributed by atoms with van der Waals surface area (Å²) in [6.45, 7) is 44.2. The molecule has 2 fully saturated rings. The van der Waals surface area contributed by atoms with E-state index in [1.165, 1.54) is 178 Å². The van der Waals surface area contributed by atoms with Gasteiger partial charge in [-0.05, 0) is 81.8 Å². The van der Waals surface area contributed by atoms with Crippen LogP contribution in [0.1, 0.15) is 305 Å². The van der Waals surface area contributed by atoms with E-state index in [2.05, 4.69) is 146 Å². The van der Waals surface area contributed by atoms with Crippen molar-refractivity contribution in [2.24, 2.45) is 11.8 Å². The van der Waals surface area contributed by atoms with Crippen molar-refractivity contribution in [3.63, 3.8) is 0 Å². The van der Waals surface area contributed by atoms with Crippen LogP contribution < -0.4 is 0 Å². The van der Waals surface area contributed by atoms with E-state index in [1.54, 1.807) is 0 Å². The quantitative estimate of drug-likeness (QED) is 0.0867. The first-order valence-electron chi connectivity index (χ1n) is 30.6. The molecule has 0 heterocycles. The molecule has 432 valence electrons. The minimum atomic E-state index is 0.104. The molecule has 2 aliphatic carbocycles. The molecule has 0 saturated heterocycles. The number of aliphatic hydroxyl groups is 1. The number of hydrogen-bond acceptors (Lipinski definition) is 7. The average Bonchev–Trinajstić information content (AvgIpc) is 3.35. The highest BCUT2D eigenvalue weighted by Gasteiger charge is 2.18. The molecule has 0 aromatic heterocycles. The van der Waals surface area contributed by atoms with Gasteiger partial charge in [-0.1, -0.05) is 254 Å². The van der Waals surface area contributed by atoms with Crippen LogP contribution in [-0.4, -0.2) is 98.9 Å². The Morgan fingerprint density at radius 2 is 0.725 bits per heavy atom. The number of ether oxygens (including phenoxy) is 3. The summed E-state index contributed by atoms with van der Waals surface area (Å²) < 4.78 is 17.3. The maximum Gasteiger partial charge on any atom is 0.0698 e. The maximum absolute atomic E-state index is 9.04. The van der Waals surface area contributed by atoms with Gasteiger partial charge in [0.1, 0.15) is 0 Å². The Morgan fingerprint density at radius 1 is 0.449 bits per heavy atom. The smallest absolute Gasteiger partial charge is 0.0698 e. The van der Waals surface area contributed by atoms with Crippen LogP contribution in [0.5, 0.6) is 0 Å². The molecule has 2 unspecified atom stereocenters. The van der Waals surface area contributed by atoms with Gasteiger partial charge in [0.05, 0.1) is 32.0 Å². The van der Waals surface area contributed by atoms with Crippen LogP contribution in [0.25, 0.3) is 0 Å². The second kappa shape index (κ2) is 94.4. The summed E-state index contributed by atoms with van der Waals surface area (Å²) in [5.41, 5.74) is 0. The number of methoxy groups -OCH3 is 2. The van der Waals surface area contributed by atoms with Crippen LogP contribution in [0.3, 0.4) is 0 Å². The topological polar surface area (TPSA) is 51.2 Å². The lowest BCUT2D eigenvalue weighted by Gasteiger charge is -2.29. The van der Waals surface area contributed by atoms with Crippen molar-refractivity contribution in [2.75, 3.05) is 70.6 Å². The monoisotopic (exact) mass is 1030 g/mol. The lowest BCUT2D eigenvalue weighted by Crippen LogP contribution is -2.34. The molecule has 0 radical (unpaired) electrons. The molecule has 2 rings (SSSR count). The van der Waals surface area contributed by atoms with Gasteiger partial charge in [0, 0.05) is 38.3 Å². The molecule has 0 amide bonds. The molecule has 0 aliphatic heterocycles. The Morgan fingerprint density at radius 3 is 0.986 bits per heavy atom. The lowest BCUT2D eigenvalue weighted by molar-refractivity contribution is 0.0668. The van der Waals surface area contributed by atoms with Crippen LogP contribution in [0, 0.1) is 11.8 Å². The van der Waals surface area contributed by atoms with E-state index in [4.69, 9.17) is 19.3 Å². The van der Waals surface area contributed by atoms with Crippen molar-refractivity contribution in [2.45, 2.75) is 324 Å². The summed E-state index contributed by atoms with van der Waals surface area (Å²) in [5, 5.41) is 9.04. The van der Waals surface area contributed by atoms with Crippen LogP contribution in [0.2, 0.25) is 0 Å². The Balaban J connectivity index is -0.000000152. The van der Waals surface area contributed by atoms with Crippen LogP contribution >= 0.6 is 23.5 Å². The van der Waals surface area contributed by atoms with Gasteiger partial charge in [0.15, 0.2) is 0 Å². The Kier molecular flexibility index (Phi) is 122. The fourth-order valence-electron chi connectivity index (χ4n) is 6.63. The summed E-state index contributed by atoms with van der Waals surface area (Å²) in [7, 11) is 6.06. The SMILES string of the molecule is CC.CC.CCC.CCC.CCC.CCC.CCC.CCC.CCC.CCC.COC(CCCCC(CCCCC(CSCC1CCCCC1)OC)N(C)CCOCCO)CSCC1CCCCC1. The number of unbranched alkanes of at least 4 members (excludes halogenated alkanes) is 2. The molecule has 0 aromatic rings. The third-order valence-corrected chi connectivity index (χ3v) is 12.1. The van der Waals surface area contributed by atoms with Gasteiger partial charge in [0.25, 0.3) is 0 Å². The van der Waals surface area contributed by atoms with E-state index in [0.29, 0.717) is 31.5 Å². The predicted molar refractivity (Wildman–Crippen MR) is 331 cm³/mol. The Hall–Kier alpha value is 0.500. The first-order chi connectivity index (χ1) is 33.5. The van der Waals surface area contributed by atoms with E-state index >= 15 is 0 Å². The van der Waals surface area contributed by atoms with Gasteiger partial charge in [0.2, 0.25) is 0 Å². The minimum Gasteiger partial charge on any atom is -0.394 e. The van der Waals surface area contributed by atoms with Crippen molar-refractivity contribution < 1.29 is 19.3 Å². The lowest BCUT2D eigenvalue weighted by atomic mass is 9.91. The van der Waals surface area contributed by atoms with Gasteiger partial charge in [-0.2, -0.15) is 23.5 Å². The first-order valence-corrected chi connectivity index (χ1v) is 32.9. The Bertz CT molecular complexity index is 631. The van der Waals surface area contributed by atoms with E-state index in [1.807, 2.05) is 41.9 Å². The molecule has 5 nitrogen and oxygen atoms in total. The second-order valence-corrected chi connectivity index (χ2v) is 20.6. The molecule has 0 spiro atoms. The van der Waals surface area contributed by atoms with Crippen molar-refractivity contribution >= 4 is 23.5 Å². The van der Waals surface area contributed by atoms with Crippen molar-refractivity contribution in [3.05, 3.63) is 0 Å². The van der Waals surface area contributed by atoms with E-state index < -0.39 is 0 Å². The molecule has 1 N–H and O–H groups in total. The number of thioether (sulfide) groups is 2. The molecule has 0 bridgehead atoms. The molecular formula is C62H143NO4S2. The van der Waals surface area contributed by atoms with Gasteiger partial charge in [-0.15, -0.1) is 0 Å². The maximum atomic E-state index is 9.04. The van der Waals surface area contributed by atoms with E-state index in [-0.39, 0.29) is 6.61 Å². The fourth-order valence-corrected chi connectivity index (χ4v) is 9.36. The highest BCUT2D eigenvalue weighted by Crippen LogP contribution is 2.29. The first kappa shape index (κ1) is 89.1. The highest BCUT2D eigenvalue weighted by atomic mass is 32.2. The van der Waals surface area contributed by atoms with E-state index in [0.717, 1.165) is 29.9 Å². The fraction of sp³-hybridized carbons (Fsp3) is 1.00. The molecular weight excluding hydrogens is 887 g/mol. The van der Waals surface area contributed by atoms with Gasteiger partial charge >= 0.3 is 0 Å². The standard InChI is InChI=1S/C34H67NO4S2.8C3H8.2C2H6/c1-35(22-24-39-25-23-36)32(18-10-12-20-33(37-2)28-40-26-30-14-6-4-7-15-30)19-11-13-21-34(38-3)29-41-27-31-16-8-5-9-17-31;8*1-3-2;2*1-2/h30-34,36H,4-29H2,1-3H3;8*3H2,1-2H3;2*1-2H3. The van der Waals surface area contributed by atoms with Gasteiger partial charge < -0.3 is 24.2 Å². The molecule has 7 heteroatoms. The molecule has 2 saturated carbocycles. The minimum absolute atomic E-state index is 0.104. The normalized spacial score (nSPS) is 13.9. The van der Waals surface area contributed by atoms with Crippen LogP contribution in [0.4, 0.5) is 0 Å². The molecule has 69 heavy (non-hydrogen) atoms. The van der Waals surface area contributed by atoms with Crippen molar-refractivity contribution in [3.8, 4) is 0 Å². The van der Waals surface area contributed by atoms with E-state index in [9.17, 15) is 0 Å². The zero-order valence-electron chi connectivity index (χ0n) is 52.9. The summed E-state index contributed by atoms with van der Waals surface area (Å²) in [6.07, 6.45) is 35.1. The Labute approximate surface area is 451 Å². The zero-order chi connectivity index (χ0) is 55.0. The van der Waals surface area contributed by atoms with Gasteiger partial charge in [-0.25, -0.2) is 0 Å². The largest absolute Gasteiger partial charge is 0.394 e. The van der Waals surface area contributed by atoms with Crippen molar-refractivity contribution in [1.29, 1.82) is 0 Å². The van der Waals surface area contributed by atoms with Crippen molar-refractivity contribution in [1.82, 2.24) is 4.90 Å². The number of nitrogens with zero attached hydrogens (tertiary/aromatic N) is 1. The number of hydrogen-bond donors (Lipinski definition) is 1. The molecule has 2 aliphatic rings. The summed E-state index contributed by atoms with van der Waals surface area (Å²) in [4.78, 5) is 2.50.